The molecule has 0 radical (unpaired) electrons. The molecule has 3 amide bonds. The summed E-state index contributed by atoms with van der Waals surface area (Å²) in [5.74, 6) is -0.182. The lowest BCUT2D eigenvalue weighted by Crippen LogP contribution is -2.46. The molecule has 2 aliphatic heterocycles. The average molecular weight is 556 g/mol. The molecule has 1 saturated heterocycles. The Hall–Kier alpha value is -4.04. The van der Waals surface area contributed by atoms with E-state index in [1.54, 1.807) is 24.0 Å². The third-order valence-electron chi connectivity index (χ3n) is 7.25. The number of piperidine rings is 1. The first-order chi connectivity index (χ1) is 19.4. The van der Waals surface area contributed by atoms with Crippen LogP contribution in [0.15, 0.2) is 82.6 Å². The van der Waals surface area contributed by atoms with E-state index in [9.17, 15) is 14.4 Å². The Morgan fingerprint density at radius 2 is 1.70 bits per heavy atom. The highest BCUT2D eigenvalue weighted by Crippen LogP contribution is 2.42. The fourth-order valence-electron chi connectivity index (χ4n) is 4.95. The van der Waals surface area contributed by atoms with E-state index in [-0.39, 0.29) is 23.9 Å². The summed E-state index contributed by atoms with van der Waals surface area (Å²) in [5, 5.41) is 3.08. The van der Waals surface area contributed by atoms with Gasteiger partial charge in [-0.2, -0.15) is 0 Å². The van der Waals surface area contributed by atoms with Crippen LogP contribution in [0.3, 0.4) is 0 Å². The molecule has 1 fully saturated rings. The van der Waals surface area contributed by atoms with Crippen LogP contribution >= 0.6 is 11.8 Å². The molecule has 0 bridgehead atoms. The van der Waals surface area contributed by atoms with Crippen molar-refractivity contribution in [3.8, 4) is 0 Å². The normalized spacial score (nSPS) is 16.6. The van der Waals surface area contributed by atoms with Gasteiger partial charge in [0, 0.05) is 29.6 Å². The van der Waals surface area contributed by atoms with Crippen molar-refractivity contribution < 1.29 is 19.1 Å². The van der Waals surface area contributed by atoms with Crippen LogP contribution in [0.1, 0.15) is 46.8 Å². The molecule has 0 unspecified atom stereocenters. The maximum atomic E-state index is 13.6. The Labute approximate surface area is 239 Å². The molecule has 5 rings (SSSR count). The average Bonchev–Trinajstić information content (AvgIpc) is 2.97. The maximum absolute atomic E-state index is 13.6. The highest BCUT2D eigenvalue weighted by Gasteiger charge is 2.29. The van der Waals surface area contributed by atoms with Crippen LogP contribution in [0.2, 0.25) is 0 Å². The van der Waals surface area contributed by atoms with E-state index >= 15 is 0 Å². The summed E-state index contributed by atoms with van der Waals surface area (Å²) in [6, 6.07) is 23.4. The van der Waals surface area contributed by atoms with E-state index in [0.29, 0.717) is 49.6 Å². The van der Waals surface area contributed by atoms with Crippen molar-refractivity contribution in [2.45, 2.75) is 44.2 Å². The second-order valence-electron chi connectivity index (χ2n) is 9.95. The standard InChI is InChI=1S/C32H33N3O4S/c1-3-39-32(38)34-18-16-26(17-19-34)33-30(36)24-14-12-23(13-15-24)20-29-31(37)35(21-25-9-5-4-8-22(25)2)27-10-6-7-11-28(27)40-29/h4-15,20,26H,3,16-19,21H2,1-2H3,(H,33,36). The Morgan fingerprint density at radius 3 is 2.42 bits per heavy atom. The minimum atomic E-state index is -0.298. The second kappa shape index (κ2) is 12.4. The van der Waals surface area contributed by atoms with E-state index in [1.807, 2.05) is 59.5 Å². The van der Waals surface area contributed by atoms with Crippen molar-refractivity contribution >= 4 is 41.4 Å². The Bertz CT molecular complexity index is 1430. The molecule has 1 N–H and O–H groups in total. The number of fused-ring (bicyclic) bond motifs is 1. The first kappa shape index (κ1) is 27.5. The molecule has 0 saturated carbocycles. The van der Waals surface area contributed by atoms with Crippen LogP contribution < -0.4 is 10.2 Å². The number of aryl methyl sites for hydroxylation is 1. The van der Waals surface area contributed by atoms with Gasteiger partial charge < -0.3 is 19.9 Å². The number of hydrogen-bond donors (Lipinski definition) is 1. The molecule has 40 heavy (non-hydrogen) atoms. The van der Waals surface area contributed by atoms with Gasteiger partial charge in [-0.05, 0) is 73.7 Å². The fraction of sp³-hybridized carbons (Fsp3) is 0.281. The number of hydrogen-bond acceptors (Lipinski definition) is 5. The lowest BCUT2D eigenvalue weighted by Gasteiger charge is -2.31. The molecule has 0 aliphatic carbocycles. The molecule has 3 aromatic carbocycles. The summed E-state index contributed by atoms with van der Waals surface area (Å²) in [6.45, 7) is 5.83. The van der Waals surface area contributed by atoms with Crippen LogP contribution in [0.4, 0.5) is 10.5 Å². The van der Waals surface area contributed by atoms with Crippen LogP contribution in [-0.4, -0.2) is 48.5 Å². The minimum absolute atomic E-state index is 0.00975. The first-order valence-electron chi connectivity index (χ1n) is 13.6. The molecular formula is C32H33N3O4S. The molecule has 0 spiro atoms. The summed E-state index contributed by atoms with van der Waals surface area (Å²) in [6.07, 6.45) is 2.97. The topological polar surface area (TPSA) is 79.0 Å². The Balaban J connectivity index is 1.26. The zero-order valence-electron chi connectivity index (χ0n) is 22.8. The number of thioether (sulfide) groups is 1. The molecule has 2 heterocycles. The van der Waals surface area contributed by atoms with Crippen molar-refractivity contribution in [1.82, 2.24) is 10.2 Å². The van der Waals surface area contributed by atoms with Crippen LogP contribution in [0, 0.1) is 6.92 Å². The van der Waals surface area contributed by atoms with Crippen LogP contribution in [0.25, 0.3) is 6.08 Å². The molecule has 2 aliphatic rings. The number of ether oxygens (including phenoxy) is 1. The first-order valence-corrected chi connectivity index (χ1v) is 14.4. The number of likely N-dealkylation sites (tertiary alicyclic amines) is 1. The largest absolute Gasteiger partial charge is 0.450 e. The Kier molecular flexibility index (Phi) is 8.55. The lowest BCUT2D eigenvalue weighted by molar-refractivity contribution is -0.114. The summed E-state index contributed by atoms with van der Waals surface area (Å²) in [7, 11) is 0. The number of amides is 3. The van der Waals surface area contributed by atoms with Crippen molar-refractivity contribution in [3.63, 3.8) is 0 Å². The van der Waals surface area contributed by atoms with Gasteiger partial charge in [0.05, 0.1) is 23.7 Å². The number of anilines is 1. The second-order valence-corrected chi connectivity index (χ2v) is 11.0. The van der Waals surface area contributed by atoms with E-state index < -0.39 is 0 Å². The number of para-hydroxylation sites is 1. The molecule has 7 nitrogen and oxygen atoms in total. The van der Waals surface area contributed by atoms with E-state index in [0.717, 1.165) is 27.3 Å². The molecule has 206 valence electrons. The van der Waals surface area contributed by atoms with Gasteiger partial charge in [0.25, 0.3) is 11.8 Å². The maximum Gasteiger partial charge on any atom is 0.409 e. The summed E-state index contributed by atoms with van der Waals surface area (Å²) in [5.41, 5.74) is 4.58. The SMILES string of the molecule is CCOC(=O)N1CCC(NC(=O)c2ccc(C=C3Sc4ccccc4N(Cc4ccccc4C)C3=O)cc2)CC1. The van der Waals surface area contributed by atoms with E-state index in [2.05, 4.69) is 24.4 Å². The van der Waals surface area contributed by atoms with Gasteiger partial charge in [0.1, 0.15) is 0 Å². The van der Waals surface area contributed by atoms with Crippen molar-refractivity contribution in [2.75, 3.05) is 24.6 Å². The summed E-state index contributed by atoms with van der Waals surface area (Å²) in [4.78, 5) is 43.6. The van der Waals surface area contributed by atoms with Crippen molar-refractivity contribution in [2.24, 2.45) is 0 Å². The predicted octanol–water partition coefficient (Wildman–Crippen LogP) is 6.03. The highest BCUT2D eigenvalue weighted by molar-refractivity contribution is 8.04. The fourth-order valence-corrected chi connectivity index (χ4v) is 6.01. The van der Waals surface area contributed by atoms with E-state index in [1.165, 1.54) is 11.8 Å². The monoisotopic (exact) mass is 555 g/mol. The minimum Gasteiger partial charge on any atom is -0.450 e. The summed E-state index contributed by atoms with van der Waals surface area (Å²) >= 11 is 1.47. The van der Waals surface area contributed by atoms with Gasteiger partial charge in [-0.25, -0.2) is 4.79 Å². The summed E-state index contributed by atoms with van der Waals surface area (Å²) < 4.78 is 5.06. The quantitative estimate of drug-likeness (QED) is 0.376. The van der Waals surface area contributed by atoms with Crippen LogP contribution in [0.5, 0.6) is 0 Å². The van der Waals surface area contributed by atoms with Gasteiger partial charge in [-0.3, -0.25) is 9.59 Å². The number of benzene rings is 3. The van der Waals surface area contributed by atoms with Gasteiger partial charge >= 0.3 is 6.09 Å². The highest BCUT2D eigenvalue weighted by atomic mass is 32.2. The van der Waals surface area contributed by atoms with Crippen molar-refractivity contribution in [1.29, 1.82) is 0 Å². The third-order valence-corrected chi connectivity index (χ3v) is 8.33. The van der Waals surface area contributed by atoms with Gasteiger partial charge in [-0.15, -0.1) is 0 Å². The van der Waals surface area contributed by atoms with Gasteiger partial charge in [-0.1, -0.05) is 60.3 Å². The molecule has 3 aromatic rings. The van der Waals surface area contributed by atoms with E-state index in [4.69, 9.17) is 4.74 Å². The Morgan fingerprint density at radius 1 is 1.00 bits per heavy atom. The molecule has 0 atom stereocenters. The van der Waals surface area contributed by atoms with Gasteiger partial charge in [0.15, 0.2) is 0 Å². The lowest BCUT2D eigenvalue weighted by atomic mass is 10.0. The number of nitrogens with one attached hydrogen (secondary N) is 1. The number of carbonyl (C=O) groups excluding carboxylic acids is 3. The molecule has 8 heteroatoms. The number of nitrogens with zero attached hydrogens (tertiary/aromatic N) is 2. The number of carbonyl (C=O) groups is 3. The zero-order chi connectivity index (χ0) is 28.1. The smallest absolute Gasteiger partial charge is 0.409 e. The number of rotatable bonds is 6. The van der Waals surface area contributed by atoms with Gasteiger partial charge in [0.2, 0.25) is 0 Å². The zero-order valence-corrected chi connectivity index (χ0v) is 23.6. The third kappa shape index (κ3) is 6.23. The van der Waals surface area contributed by atoms with Crippen molar-refractivity contribution in [3.05, 3.63) is 100.0 Å². The van der Waals surface area contributed by atoms with Crippen LogP contribution in [-0.2, 0) is 16.1 Å². The predicted molar refractivity (Wildman–Crippen MR) is 158 cm³/mol. The molecule has 0 aromatic heterocycles. The molecular weight excluding hydrogens is 522 g/mol.